The number of aliphatic hydroxyl groups is 1. The van der Waals surface area contributed by atoms with Crippen LogP contribution in [0.1, 0.15) is 46.8 Å². The van der Waals surface area contributed by atoms with Gasteiger partial charge in [0, 0.05) is 16.9 Å². The molecular weight excluding hydrogens is 424 g/mol. The number of hydrogen-bond acceptors (Lipinski definition) is 4. The maximum atomic E-state index is 12.9. The third kappa shape index (κ3) is 5.96. The maximum Gasteiger partial charge on any atom is 0.261 e. The van der Waals surface area contributed by atoms with Gasteiger partial charge in [-0.2, -0.15) is 0 Å². The molecule has 0 aliphatic heterocycles. The second-order valence-corrected chi connectivity index (χ2v) is 9.38. The minimum Gasteiger partial charge on any atom is -0.392 e. The van der Waals surface area contributed by atoms with Crippen molar-refractivity contribution in [3.8, 4) is 0 Å². The summed E-state index contributed by atoms with van der Waals surface area (Å²) in [6, 6.07) is 18.7. The first-order valence-electron chi connectivity index (χ1n) is 10.6. The minimum absolute atomic E-state index is 0.00687. The van der Waals surface area contributed by atoms with E-state index in [4.69, 9.17) is 0 Å². The molecule has 0 spiro atoms. The molecule has 3 rings (SSSR count). The molecule has 6 nitrogen and oxygen atoms in total. The van der Waals surface area contributed by atoms with Crippen molar-refractivity contribution in [3.05, 3.63) is 89.0 Å². The van der Waals surface area contributed by atoms with E-state index in [0.29, 0.717) is 22.5 Å². The van der Waals surface area contributed by atoms with Crippen LogP contribution in [0.5, 0.6) is 0 Å². The van der Waals surface area contributed by atoms with Crippen molar-refractivity contribution in [1.82, 2.24) is 0 Å². The van der Waals surface area contributed by atoms with E-state index in [1.54, 1.807) is 49.4 Å². The van der Waals surface area contributed by atoms with E-state index in [2.05, 4.69) is 17.0 Å². The van der Waals surface area contributed by atoms with Gasteiger partial charge in [0.1, 0.15) is 0 Å². The van der Waals surface area contributed by atoms with Gasteiger partial charge in [0.05, 0.1) is 11.5 Å². The van der Waals surface area contributed by atoms with Gasteiger partial charge in [-0.25, -0.2) is 8.42 Å². The molecule has 0 heterocycles. The van der Waals surface area contributed by atoms with Crippen molar-refractivity contribution in [2.45, 2.75) is 44.6 Å². The Morgan fingerprint density at radius 3 is 2.38 bits per heavy atom. The number of aryl methyl sites for hydroxylation is 2. The van der Waals surface area contributed by atoms with E-state index < -0.39 is 15.9 Å². The number of carbonyl (C=O) groups is 1. The van der Waals surface area contributed by atoms with Crippen LogP contribution in [0.2, 0.25) is 0 Å². The third-order valence-corrected chi connectivity index (χ3v) is 6.54. The van der Waals surface area contributed by atoms with Gasteiger partial charge < -0.3 is 10.4 Å². The predicted octanol–water partition coefficient (Wildman–Crippen LogP) is 4.88. The molecular formula is C25H28N2O4S. The first-order valence-corrected chi connectivity index (χ1v) is 12.0. The zero-order valence-electron chi connectivity index (χ0n) is 18.3. The average Bonchev–Trinajstić information content (AvgIpc) is 2.78. The van der Waals surface area contributed by atoms with Gasteiger partial charge >= 0.3 is 0 Å². The molecule has 3 aromatic carbocycles. The summed E-state index contributed by atoms with van der Waals surface area (Å²) in [5.41, 5.74) is 3.74. The van der Waals surface area contributed by atoms with Crippen molar-refractivity contribution in [1.29, 1.82) is 0 Å². The summed E-state index contributed by atoms with van der Waals surface area (Å²) in [7, 11) is -3.86. The number of unbranched alkanes of at least 4 members (excludes halogenated alkanes) is 1. The molecule has 0 aliphatic carbocycles. The molecule has 0 atom stereocenters. The fourth-order valence-corrected chi connectivity index (χ4v) is 4.38. The summed E-state index contributed by atoms with van der Waals surface area (Å²) in [5, 5.41) is 12.0. The lowest BCUT2D eigenvalue weighted by Gasteiger charge is -2.12. The molecule has 0 bridgehead atoms. The summed E-state index contributed by atoms with van der Waals surface area (Å²) >= 11 is 0. The molecule has 0 aromatic heterocycles. The van der Waals surface area contributed by atoms with E-state index in [-0.39, 0.29) is 17.1 Å². The Balaban J connectivity index is 1.79. The number of aliphatic hydroxyl groups excluding tert-OH is 1. The molecule has 1 amide bonds. The summed E-state index contributed by atoms with van der Waals surface area (Å²) < 4.78 is 28.4. The lowest BCUT2D eigenvalue weighted by atomic mass is 10.1. The van der Waals surface area contributed by atoms with Crippen molar-refractivity contribution in [2.75, 3.05) is 10.0 Å². The summed E-state index contributed by atoms with van der Waals surface area (Å²) in [5.74, 6) is -0.421. The lowest BCUT2D eigenvalue weighted by Crippen LogP contribution is -2.17. The Morgan fingerprint density at radius 2 is 1.69 bits per heavy atom. The van der Waals surface area contributed by atoms with E-state index in [0.717, 1.165) is 24.8 Å². The van der Waals surface area contributed by atoms with Crippen molar-refractivity contribution < 1.29 is 18.3 Å². The smallest absolute Gasteiger partial charge is 0.261 e. The highest BCUT2D eigenvalue weighted by atomic mass is 32.2. The summed E-state index contributed by atoms with van der Waals surface area (Å²) in [4.78, 5) is 12.8. The monoisotopic (exact) mass is 452 g/mol. The highest BCUT2D eigenvalue weighted by molar-refractivity contribution is 7.92. The van der Waals surface area contributed by atoms with Crippen LogP contribution in [0.4, 0.5) is 11.4 Å². The quantitative estimate of drug-likeness (QED) is 0.431. The van der Waals surface area contributed by atoms with E-state index in [1.807, 2.05) is 12.1 Å². The molecule has 168 valence electrons. The maximum absolute atomic E-state index is 12.9. The number of anilines is 2. The Kier molecular flexibility index (Phi) is 7.66. The molecule has 7 heteroatoms. The van der Waals surface area contributed by atoms with Crippen LogP contribution >= 0.6 is 0 Å². The second-order valence-electron chi connectivity index (χ2n) is 7.70. The highest BCUT2D eigenvalue weighted by Crippen LogP contribution is 2.21. The minimum atomic E-state index is -3.86. The van der Waals surface area contributed by atoms with E-state index in [9.17, 15) is 18.3 Å². The van der Waals surface area contributed by atoms with Crippen LogP contribution in [0.3, 0.4) is 0 Å². The number of nitrogens with one attached hydrogen (secondary N) is 2. The van der Waals surface area contributed by atoms with Crippen LogP contribution in [0.15, 0.2) is 71.6 Å². The molecule has 0 aliphatic rings. The van der Waals surface area contributed by atoms with E-state index in [1.165, 1.54) is 12.1 Å². The van der Waals surface area contributed by atoms with Crippen LogP contribution < -0.4 is 10.0 Å². The van der Waals surface area contributed by atoms with Crippen molar-refractivity contribution in [3.63, 3.8) is 0 Å². The van der Waals surface area contributed by atoms with Gasteiger partial charge in [0.2, 0.25) is 0 Å². The largest absolute Gasteiger partial charge is 0.392 e. The summed E-state index contributed by atoms with van der Waals surface area (Å²) in [6.07, 6.45) is 3.15. The topological polar surface area (TPSA) is 95.5 Å². The van der Waals surface area contributed by atoms with Crippen molar-refractivity contribution in [2.24, 2.45) is 0 Å². The number of hydrogen-bond donors (Lipinski definition) is 3. The molecule has 32 heavy (non-hydrogen) atoms. The Bertz CT molecular complexity index is 1190. The van der Waals surface area contributed by atoms with Gasteiger partial charge in [-0.1, -0.05) is 43.7 Å². The van der Waals surface area contributed by atoms with Crippen LogP contribution in [0.25, 0.3) is 0 Å². The molecule has 0 radical (unpaired) electrons. The SMILES string of the molecule is CCCCc1ccc(NS(=O)(=O)c2ccc(C)c(C(=O)Nc3cccc(CO)c3)c2)cc1. The zero-order chi connectivity index (χ0) is 23.1. The van der Waals surface area contributed by atoms with Crippen LogP contribution in [0, 0.1) is 6.92 Å². The first kappa shape index (κ1) is 23.5. The number of benzene rings is 3. The number of carbonyl (C=O) groups excluding carboxylic acids is 1. The van der Waals surface area contributed by atoms with Gasteiger partial charge in [-0.15, -0.1) is 0 Å². The lowest BCUT2D eigenvalue weighted by molar-refractivity contribution is 0.102. The number of sulfonamides is 1. The van der Waals surface area contributed by atoms with Gasteiger partial charge in [0.15, 0.2) is 0 Å². The van der Waals surface area contributed by atoms with Crippen LogP contribution in [-0.2, 0) is 23.1 Å². The molecule has 3 N–H and O–H groups in total. The average molecular weight is 453 g/mol. The zero-order valence-corrected chi connectivity index (χ0v) is 19.1. The fourth-order valence-electron chi connectivity index (χ4n) is 3.29. The number of amides is 1. The Morgan fingerprint density at radius 1 is 0.938 bits per heavy atom. The second kappa shape index (κ2) is 10.4. The highest BCUT2D eigenvalue weighted by Gasteiger charge is 2.18. The number of rotatable bonds is 9. The van der Waals surface area contributed by atoms with Gasteiger partial charge in [-0.05, 0) is 72.9 Å². The Hall–Kier alpha value is -3.16. The summed E-state index contributed by atoms with van der Waals surface area (Å²) in [6.45, 7) is 3.74. The van der Waals surface area contributed by atoms with Gasteiger partial charge in [-0.3, -0.25) is 9.52 Å². The standard InChI is InChI=1S/C25H28N2O4S/c1-3-4-6-19-10-12-21(13-11-19)27-32(30,31)23-14-9-18(2)24(16-23)25(29)26-22-8-5-7-20(15-22)17-28/h5,7-16,27-28H,3-4,6,17H2,1-2H3,(H,26,29). The van der Waals surface area contributed by atoms with Crippen molar-refractivity contribution >= 4 is 27.3 Å². The predicted molar refractivity (Wildman–Crippen MR) is 127 cm³/mol. The Labute approximate surface area is 189 Å². The molecule has 0 unspecified atom stereocenters. The fraction of sp³-hybridized carbons (Fsp3) is 0.240. The first-order chi connectivity index (χ1) is 15.3. The molecule has 0 saturated heterocycles. The van der Waals surface area contributed by atoms with Gasteiger partial charge in [0.25, 0.3) is 15.9 Å². The molecule has 0 fully saturated rings. The van der Waals surface area contributed by atoms with E-state index >= 15 is 0 Å². The molecule has 3 aromatic rings. The normalized spacial score (nSPS) is 11.2. The third-order valence-electron chi connectivity index (χ3n) is 5.16. The van der Waals surface area contributed by atoms with Crippen LogP contribution in [-0.4, -0.2) is 19.4 Å². The molecule has 0 saturated carbocycles.